The molecule has 6 nitrogen and oxygen atoms in total. The number of rotatable bonds is 5. The van der Waals surface area contributed by atoms with Gasteiger partial charge in [-0.25, -0.2) is 4.79 Å². The largest absolute Gasteiger partial charge is 0.459 e. The summed E-state index contributed by atoms with van der Waals surface area (Å²) in [6.07, 6.45) is 2.28. The highest BCUT2D eigenvalue weighted by Gasteiger charge is 2.58. The third-order valence-electron chi connectivity index (χ3n) is 3.20. The van der Waals surface area contributed by atoms with Crippen molar-refractivity contribution < 1.29 is 28.5 Å². The molecule has 0 bridgehead atoms. The number of methoxy groups -OCH3 is 1. The SMILES string of the molecule is CC/C=C\COC(=O)[C@H]1O[C@H](OC)[C@H]2OC(C)(C)O[C@H]21. The Bertz CT molecular complexity index is 378. The van der Waals surface area contributed by atoms with E-state index < -0.39 is 36.4 Å². The van der Waals surface area contributed by atoms with Gasteiger partial charge in [0.1, 0.15) is 18.8 Å². The molecule has 2 aliphatic heterocycles. The monoisotopic (exact) mass is 286 g/mol. The first-order valence-electron chi connectivity index (χ1n) is 6.84. The average Bonchev–Trinajstić information content (AvgIpc) is 2.87. The van der Waals surface area contributed by atoms with Crippen LogP contribution in [0.4, 0.5) is 0 Å². The van der Waals surface area contributed by atoms with Gasteiger partial charge in [-0.3, -0.25) is 0 Å². The average molecular weight is 286 g/mol. The summed E-state index contributed by atoms with van der Waals surface area (Å²) >= 11 is 0. The lowest BCUT2D eigenvalue weighted by Crippen LogP contribution is -2.36. The van der Waals surface area contributed by atoms with Gasteiger partial charge in [0.2, 0.25) is 0 Å². The summed E-state index contributed by atoms with van der Waals surface area (Å²) in [6, 6.07) is 0. The molecule has 0 unspecified atom stereocenters. The molecule has 2 aliphatic rings. The highest BCUT2D eigenvalue weighted by molar-refractivity contribution is 5.76. The first kappa shape index (κ1) is 15.4. The standard InChI is InChI=1S/C14H22O6/c1-5-6-7-8-17-12(15)10-9-11(13(16-4)18-10)20-14(2,3)19-9/h6-7,9-11,13H,5,8H2,1-4H3/b7-6-/t9-,10-,11-,13-/m0/s1. The van der Waals surface area contributed by atoms with Gasteiger partial charge in [0.25, 0.3) is 0 Å². The van der Waals surface area contributed by atoms with E-state index in [0.717, 1.165) is 6.42 Å². The predicted octanol–water partition coefficient (Wildman–Crippen LogP) is 1.39. The normalized spacial score (nSPS) is 35.4. The molecule has 6 heteroatoms. The van der Waals surface area contributed by atoms with E-state index in [-0.39, 0.29) is 6.61 Å². The Hall–Kier alpha value is -0.950. The summed E-state index contributed by atoms with van der Waals surface area (Å²) in [4.78, 5) is 12.1. The number of carbonyl (C=O) groups excluding carboxylic acids is 1. The molecule has 0 aromatic carbocycles. The van der Waals surface area contributed by atoms with E-state index in [1.54, 1.807) is 19.9 Å². The Kier molecular flexibility index (Phi) is 4.80. The van der Waals surface area contributed by atoms with Gasteiger partial charge in [-0.15, -0.1) is 0 Å². The van der Waals surface area contributed by atoms with Crippen molar-refractivity contribution in [3.63, 3.8) is 0 Å². The molecule has 0 aliphatic carbocycles. The van der Waals surface area contributed by atoms with Gasteiger partial charge in [-0.05, 0) is 20.3 Å². The zero-order valence-electron chi connectivity index (χ0n) is 12.3. The van der Waals surface area contributed by atoms with Gasteiger partial charge in [0, 0.05) is 7.11 Å². The topological polar surface area (TPSA) is 63.2 Å². The number of carbonyl (C=O) groups is 1. The summed E-state index contributed by atoms with van der Waals surface area (Å²) in [5.41, 5.74) is 0. The lowest BCUT2D eigenvalue weighted by Gasteiger charge is -2.22. The van der Waals surface area contributed by atoms with Gasteiger partial charge in [-0.1, -0.05) is 19.1 Å². The fourth-order valence-electron chi connectivity index (χ4n) is 2.39. The van der Waals surface area contributed by atoms with Crippen molar-refractivity contribution in [2.45, 2.75) is 57.6 Å². The molecule has 2 saturated heterocycles. The zero-order valence-corrected chi connectivity index (χ0v) is 12.3. The molecule has 0 spiro atoms. The molecule has 0 amide bonds. The van der Waals surface area contributed by atoms with Crippen LogP contribution in [0.15, 0.2) is 12.2 Å². The molecule has 2 rings (SSSR count). The van der Waals surface area contributed by atoms with Gasteiger partial charge in [0.15, 0.2) is 18.2 Å². The number of hydrogen-bond donors (Lipinski definition) is 0. The fraction of sp³-hybridized carbons (Fsp3) is 0.786. The first-order chi connectivity index (χ1) is 9.48. The van der Waals surface area contributed by atoms with E-state index in [4.69, 9.17) is 23.7 Å². The Morgan fingerprint density at radius 1 is 1.25 bits per heavy atom. The molecule has 0 radical (unpaired) electrons. The quantitative estimate of drug-likeness (QED) is 0.562. The Balaban J connectivity index is 1.97. The summed E-state index contributed by atoms with van der Waals surface area (Å²) in [5, 5.41) is 0. The van der Waals surface area contributed by atoms with Crippen molar-refractivity contribution >= 4 is 5.97 Å². The molecule has 0 aromatic heterocycles. The molecule has 114 valence electrons. The van der Waals surface area contributed by atoms with Crippen LogP contribution in [0.25, 0.3) is 0 Å². The van der Waals surface area contributed by atoms with E-state index in [0.29, 0.717) is 0 Å². The summed E-state index contributed by atoms with van der Waals surface area (Å²) < 4.78 is 27.3. The van der Waals surface area contributed by atoms with Crippen LogP contribution in [0.1, 0.15) is 27.2 Å². The second kappa shape index (κ2) is 6.22. The minimum atomic E-state index is -0.818. The molecule has 2 fully saturated rings. The van der Waals surface area contributed by atoms with E-state index >= 15 is 0 Å². The number of allylic oxidation sites excluding steroid dienone is 1. The zero-order chi connectivity index (χ0) is 14.8. The third-order valence-corrected chi connectivity index (χ3v) is 3.20. The summed E-state index contributed by atoms with van der Waals surface area (Å²) in [7, 11) is 1.51. The second-order valence-electron chi connectivity index (χ2n) is 5.24. The van der Waals surface area contributed by atoms with E-state index in [2.05, 4.69) is 0 Å². The third kappa shape index (κ3) is 3.20. The number of ether oxygens (including phenoxy) is 5. The van der Waals surface area contributed by atoms with Crippen molar-refractivity contribution in [2.24, 2.45) is 0 Å². The van der Waals surface area contributed by atoms with Crippen molar-refractivity contribution in [1.29, 1.82) is 0 Å². The van der Waals surface area contributed by atoms with Crippen molar-refractivity contribution in [2.75, 3.05) is 13.7 Å². The number of esters is 1. The van der Waals surface area contributed by atoms with Crippen LogP contribution in [0, 0.1) is 0 Å². The Morgan fingerprint density at radius 3 is 2.60 bits per heavy atom. The van der Waals surface area contributed by atoms with Crippen LogP contribution >= 0.6 is 0 Å². The molecule has 2 heterocycles. The minimum absolute atomic E-state index is 0.228. The smallest absolute Gasteiger partial charge is 0.338 e. The van der Waals surface area contributed by atoms with E-state index in [1.807, 2.05) is 13.0 Å². The fourth-order valence-corrected chi connectivity index (χ4v) is 2.39. The predicted molar refractivity (Wildman–Crippen MR) is 69.9 cm³/mol. The van der Waals surface area contributed by atoms with E-state index in [9.17, 15) is 4.79 Å². The molecule has 0 N–H and O–H groups in total. The van der Waals surface area contributed by atoms with Crippen LogP contribution in [0.3, 0.4) is 0 Å². The summed E-state index contributed by atoms with van der Waals surface area (Å²) in [6.45, 7) is 5.83. The molecule has 0 aromatic rings. The van der Waals surface area contributed by atoms with Crippen LogP contribution < -0.4 is 0 Å². The molecule has 20 heavy (non-hydrogen) atoms. The number of hydrogen-bond acceptors (Lipinski definition) is 6. The van der Waals surface area contributed by atoms with Gasteiger partial charge in [0.05, 0.1) is 0 Å². The maximum absolute atomic E-state index is 12.1. The second-order valence-corrected chi connectivity index (χ2v) is 5.24. The maximum atomic E-state index is 12.1. The van der Waals surface area contributed by atoms with Gasteiger partial charge in [-0.2, -0.15) is 0 Å². The van der Waals surface area contributed by atoms with Crippen LogP contribution in [-0.4, -0.2) is 50.1 Å². The molecule has 4 atom stereocenters. The lowest BCUT2D eigenvalue weighted by molar-refractivity contribution is -0.230. The van der Waals surface area contributed by atoms with Crippen molar-refractivity contribution in [3.05, 3.63) is 12.2 Å². The maximum Gasteiger partial charge on any atom is 0.338 e. The molecule has 0 saturated carbocycles. The molecular formula is C14H22O6. The minimum Gasteiger partial charge on any atom is -0.459 e. The van der Waals surface area contributed by atoms with Crippen molar-refractivity contribution in [1.82, 2.24) is 0 Å². The number of fused-ring (bicyclic) bond motifs is 1. The van der Waals surface area contributed by atoms with Crippen molar-refractivity contribution in [3.8, 4) is 0 Å². The Morgan fingerprint density at radius 2 is 1.95 bits per heavy atom. The lowest BCUT2D eigenvalue weighted by atomic mass is 10.1. The van der Waals surface area contributed by atoms with Crippen LogP contribution in [-0.2, 0) is 28.5 Å². The first-order valence-corrected chi connectivity index (χ1v) is 6.84. The van der Waals surface area contributed by atoms with Crippen LogP contribution in [0.2, 0.25) is 0 Å². The van der Waals surface area contributed by atoms with Crippen LogP contribution in [0.5, 0.6) is 0 Å². The summed E-state index contributed by atoms with van der Waals surface area (Å²) in [5.74, 6) is -1.21. The van der Waals surface area contributed by atoms with Gasteiger partial charge < -0.3 is 23.7 Å². The van der Waals surface area contributed by atoms with Gasteiger partial charge >= 0.3 is 5.97 Å². The highest BCUT2D eigenvalue weighted by atomic mass is 16.8. The molecular weight excluding hydrogens is 264 g/mol. The van der Waals surface area contributed by atoms with E-state index in [1.165, 1.54) is 7.11 Å². The highest BCUT2D eigenvalue weighted by Crippen LogP contribution is 2.39. The Labute approximate surface area is 119 Å².